The minimum Gasteiger partial charge on any atom is -0.390 e. The molecule has 0 spiro atoms. The summed E-state index contributed by atoms with van der Waals surface area (Å²) in [7, 11) is 1.86. The maximum Gasteiger partial charge on any atom is 0.0789 e. The van der Waals surface area contributed by atoms with Crippen molar-refractivity contribution < 1.29 is 5.11 Å². The van der Waals surface area contributed by atoms with E-state index < -0.39 is 0 Å². The highest BCUT2D eigenvalue weighted by Gasteiger charge is 2.01. The zero-order chi connectivity index (χ0) is 12.1. The molecular formula is C10H27N5O. The molecule has 7 N–H and O–H groups in total. The lowest BCUT2D eigenvalue weighted by molar-refractivity contribution is 0.167. The topological polar surface area (TPSA) is 94.4 Å². The summed E-state index contributed by atoms with van der Waals surface area (Å²) >= 11 is 0. The Bertz CT molecular complexity index is 136. The van der Waals surface area contributed by atoms with Gasteiger partial charge in [0.15, 0.2) is 0 Å². The number of hydrogen-bond acceptors (Lipinski definition) is 6. The Labute approximate surface area is 98.4 Å². The fraction of sp³-hybridized carbons (Fsp3) is 1.00. The monoisotopic (exact) mass is 233 g/mol. The highest BCUT2D eigenvalue weighted by atomic mass is 16.3. The first-order valence-corrected chi connectivity index (χ1v) is 5.96. The molecule has 6 nitrogen and oxygen atoms in total. The van der Waals surface area contributed by atoms with Gasteiger partial charge < -0.3 is 32.1 Å². The molecule has 0 aliphatic carbocycles. The van der Waals surface area contributed by atoms with Crippen molar-refractivity contribution in [2.45, 2.75) is 18.9 Å². The molecule has 0 rings (SSSR count). The predicted octanol–water partition coefficient (Wildman–Crippen LogP) is -2.01. The van der Waals surface area contributed by atoms with Gasteiger partial charge in [0, 0.05) is 26.4 Å². The third-order valence-corrected chi connectivity index (χ3v) is 2.12. The van der Waals surface area contributed by atoms with Gasteiger partial charge >= 0.3 is 0 Å². The molecule has 0 amide bonds. The molecule has 0 aromatic heterocycles. The number of rotatable bonds is 12. The van der Waals surface area contributed by atoms with Gasteiger partial charge in [0.1, 0.15) is 0 Å². The van der Waals surface area contributed by atoms with Gasteiger partial charge in [-0.05, 0) is 33.0 Å². The number of nitrogens with one attached hydrogen (secondary N) is 4. The normalized spacial score (nSPS) is 12.9. The molecule has 0 aromatic carbocycles. The van der Waals surface area contributed by atoms with Crippen LogP contribution in [-0.2, 0) is 0 Å². The van der Waals surface area contributed by atoms with Crippen LogP contribution in [0.2, 0.25) is 0 Å². The second-order valence-electron chi connectivity index (χ2n) is 3.76. The highest BCUT2D eigenvalue weighted by Crippen LogP contribution is 1.81. The van der Waals surface area contributed by atoms with Crippen molar-refractivity contribution in [2.24, 2.45) is 5.73 Å². The van der Waals surface area contributed by atoms with Crippen LogP contribution in [0, 0.1) is 0 Å². The molecular weight excluding hydrogens is 206 g/mol. The first-order chi connectivity index (χ1) is 7.81. The lowest BCUT2D eigenvalue weighted by Gasteiger charge is -2.13. The lowest BCUT2D eigenvalue weighted by Crippen LogP contribution is -2.41. The molecule has 98 valence electrons. The van der Waals surface area contributed by atoms with Crippen molar-refractivity contribution >= 4 is 0 Å². The molecule has 6 heteroatoms. The van der Waals surface area contributed by atoms with E-state index in [0.717, 1.165) is 32.6 Å². The smallest absolute Gasteiger partial charge is 0.0789 e. The van der Waals surface area contributed by atoms with Gasteiger partial charge in [-0.3, -0.25) is 0 Å². The number of aliphatic hydroxyl groups excluding tert-OH is 1. The second-order valence-corrected chi connectivity index (χ2v) is 3.76. The van der Waals surface area contributed by atoms with Gasteiger partial charge in [-0.15, -0.1) is 0 Å². The van der Waals surface area contributed by atoms with Crippen LogP contribution < -0.4 is 27.0 Å². The average Bonchev–Trinajstić information content (AvgIpc) is 2.28. The van der Waals surface area contributed by atoms with Crippen LogP contribution in [0.1, 0.15) is 12.8 Å². The first-order valence-electron chi connectivity index (χ1n) is 5.96. The number of nitrogens with two attached hydrogens (primary N) is 1. The Hall–Kier alpha value is -0.240. The summed E-state index contributed by atoms with van der Waals surface area (Å²) in [5, 5.41) is 21.9. The number of unbranched alkanes of at least 4 members (excludes halogenated alkanes) is 1. The molecule has 0 saturated heterocycles. The van der Waals surface area contributed by atoms with Gasteiger partial charge in [0.05, 0.1) is 6.10 Å². The Morgan fingerprint density at radius 3 is 2.38 bits per heavy atom. The van der Waals surface area contributed by atoms with Gasteiger partial charge in [-0.1, -0.05) is 0 Å². The predicted molar refractivity (Wildman–Crippen MR) is 67.1 cm³/mol. The summed E-state index contributed by atoms with van der Waals surface area (Å²) in [5.41, 5.74) is 5.38. The van der Waals surface area contributed by atoms with Crippen molar-refractivity contribution in [2.75, 3.05) is 46.6 Å². The summed E-state index contributed by atoms with van der Waals surface area (Å²) in [6.07, 6.45) is 1.81. The molecule has 0 heterocycles. The minimum absolute atomic E-state index is 0.348. The Morgan fingerprint density at radius 2 is 1.75 bits per heavy atom. The van der Waals surface area contributed by atoms with E-state index in [2.05, 4.69) is 21.3 Å². The summed E-state index contributed by atoms with van der Waals surface area (Å²) < 4.78 is 0. The fourth-order valence-electron chi connectivity index (χ4n) is 1.25. The van der Waals surface area contributed by atoms with E-state index in [1.807, 2.05) is 7.05 Å². The van der Waals surface area contributed by atoms with E-state index in [9.17, 15) is 5.11 Å². The summed E-state index contributed by atoms with van der Waals surface area (Å²) in [6, 6.07) is 0. The molecule has 0 aliphatic heterocycles. The summed E-state index contributed by atoms with van der Waals surface area (Å²) in [6.45, 7) is 4.37. The van der Waals surface area contributed by atoms with E-state index in [1.54, 1.807) is 0 Å². The van der Waals surface area contributed by atoms with Gasteiger partial charge in [0.25, 0.3) is 0 Å². The number of hydrogen-bond donors (Lipinski definition) is 6. The lowest BCUT2D eigenvalue weighted by atomic mass is 10.3. The Morgan fingerprint density at radius 1 is 1.06 bits per heavy atom. The average molecular weight is 233 g/mol. The van der Waals surface area contributed by atoms with Gasteiger partial charge in [0.2, 0.25) is 0 Å². The second kappa shape index (κ2) is 12.8. The summed E-state index contributed by atoms with van der Waals surface area (Å²) in [5.74, 6) is 0. The molecule has 0 aromatic rings. The van der Waals surface area contributed by atoms with E-state index in [4.69, 9.17) is 5.73 Å². The van der Waals surface area contributed by atoms with E-state index in [1.165, 1.54) is 0 Å². The molecule has 0 aliphatic rings. The zero-order valence-corrected chi connectivity index (χ0v) is 10.3. The van der Waals surface area contributed by atoms with Crippen LogP contribution >= 0.6 is 0 Å². The van der Waals surface area contributed by atoms with E-state index in [0.29, 0.717) is 19.8 Å². The van der Waals surface area contributed by atoms with Crippen LogP contribution in [-0.4, -0.2) is 57.8 Å². The third kappa shape index (κ3) is 11.8. The zero-order valence-electron chi connectivity index (χ0n) is 10.3. The van der Waals surface area contributed by atoms with Crippen LogP contribution in [0.25, 0.3) is 0 Å². The van der Waals surface area contributed by atoms with Crippen LogP contribution in [0.3, 0.4) is 0 Å². The van der Waals surface area contributed by atoms with Crippen molar-refractivity contribution in [1.82, 2.24) is 21.3 Å². The first kappa shape index (κ1) is 15.8. The highest BCUT2D eigenvalue weighted by molar-refractivity contribution is 4.61. The molecule has 0 fully saturated rings. The van der Waals surface area contributed by atoms with Crippen LogP contribution in [0.4, 0.5) is 0 Å². The maximum absolute atomic E-state index is 9.52. The van der Waals surface area contributed by atoms with Crippen molar-refractivity contribution in [3.63, 3.8) is 0 Å². The van der Waals surface area contributed by atoms with Gasteiger partial charge in [-0.2, -0.15) is 0 Å². The van der Waals surface area contributed by atoms with Crippen molar-refractivity contribution in [3.05, 3.63) is 0 Å². The molecule has 0 bridgehead atoms. The van der Waals surface area contributed by atoms with E-state index >= 15 is 0 Å². The largest absolute Gasteiger partial charge is 0.390 e. The van der Waals surface area contributed by atoms with Gasteiger partial charge in [-0.25, -0.2) is 0 Å². The number of aliphatic hydroxyl groups is 1. The molecule has 0 radical (unpaired) electrons. The quantitative estimate of drug-likeness (QED) is 0.172. The maximum atomic E-state index is 9.52. The molecule has 1 unspecified atom stereocenters. The van der Waals surface area contributed by atoms with Crippen LogP contribution in [0.15, 0.2) is 0 Å². The van der Waals surface area contributed by atoms with E-state index in [-0.39, 0.29) is 6.10 Å². The molecule has 0 saturated carbocycles. The molecule has 16 heavy (non-hydrogen) atoms. The minimum atomic E-state index is -0.348. The molecule has 1 atom stereocenters. The van der Waals surface area contributed by atoms with Crippen molar-refractivity contribution in [3.8, 4) is 0 Å². The Balaban J connectivity index is 3.06. The fourth-order valence-corrected chi connectivity index (χ4v) is 1.25. The SMILES string of the molecule is CNCNCC(O)CNCNCCCCN. The Kier molecular flexibility index (Phi) is 12.6. The van der Waals surface area contributed by atoms with Crippen molar-refractivity contribution in [1.29, 1.82) is 0 Å². The summed E-state index contributed by atoms with van der Waals surface area (Å²) in [4.78, 5) is 0. The third-order valence-electron chi connectivity index (χ3n) is 2.12. The van der Waals surface area contributed by atoms with Crippen LogP contribution in [0.5, 0.6) is 0 Å². The standard InChI is InChI=1S/C10H27N5O/c1-12-8-14-6-10(16)7-15-9-13-5-3-2-4-11/h10,12-16H,2-9,11H2,1H3.